The Kier molecular flexibility index (Phi) is 4.66. The lowest BCUT2D eigenvalue weighted by Crippen LogP contribution is -2.38. The molecule has 0 amide bonds. The zero-order valence-corrected chi connectivity index (χ0v) is 17.2. The van der Waals surface area contributed by atoms with Crippen molar-refractivity contribution in [3.63, 3.8) is 0 Å². The van der Waals surface area contributed by atoms with Gasteiger partial charge in [0.1, 0.15) is 18.2 Å². The predicted molar refractivity (Wildman–Crippen MR) is 113 cm³/mol. The smallest absolute Gasteiger partial charge is 0.310 e. The molecule has 0 spiro atoms. The van der Waals surface area contributed by atoms with E-state index >= 15 is 0 Å². The fourth-order valence-electron chi connectivity index (χ4n) is 4.91. The van der Waals surface area contributed by atoms with Crippen molar-refractivity contribution in [3.8, 4) is 5.75 Å². The van der Waals surface area contributed by atoms with Crippen molar-refractivity contribution < 1.29 is 19.0 Å². The van der Waals surface area contributed by atoms with Gasteiger partial charge in [0, 0.05) is 30.8 Å². The molecule has 0 radical (unpaired) electrons. The van der Waals surface area contributed by atoms with Crippen LogP contribution in [0.15, 0.2) is 42.0 Å². The maximum Gasteiger partial charge on any atom is 0.310 e. The first-order valence-electron chi connectivity index (χ1n) is 10.7. The van der Waals surface area contributed by atoms with Crippen LogP contribution in [-0.4, -0.2) is 35.6 Å². The molecule has 5 heteroatoms. The summed E-state index contributed by atoms with van der Waals surface area (Å²) in [5.41, 5.74) is 6.19. The van der Waals surface area contributed by atoms with Crippen molar-refractivity contribution in [3.05, 3.63) is 70.0 Å². The second kappa shape index (κ2) is 7.24. The number of hydrogen-bond donors (Lipinski definition) is 1. The topological polar surface area (TPSA) is 49.8 Å². The number of nitrogens with zero attached hydrogens (tertiary/aromatic N) is 1. The fraction of sp³-hybridized carbons (Fsp3) is 0.400. The number of aliphatic carboxylic acids is 1. The van der Waals surface area contributed by atoms with Crippen molar-refractivity contribution in [1.82, 2.24) is 4.90 Å². The Balaban J connectivity index is 1.52. The van der Waals surface area contributed by atoms with Crippen LogP contribution in [0.1, 0.15) is 47.9 Å². The first kappa shape index (κ1) is 19.3. The van der Waals surface area contributed by atoms with Crippen LogP contribution < -0.4 is 4.74 Å². The van der Waals surface area contributed by atoms with Gasteiger partial charge >= 0.3 is 5.97 Å². The summed E-state index contributed by atoms with van der Waals surface area (Å²) < 4.78 is 20.0. The van der Waals surface area contributed by atoms with E-state index in [1.165, 1.54) is 17.2 Å². The van der Waals surface area contributed by atoms with E-state index in [1.807, 2.05) is 18.2 Å². The average Bonchev–Trinajstić information content (AvgIpc) is 3.52. The molecule has 5 rings (SSSR count). The lowest BCUT2D eigenvalue weighted by atomic mass is 9.84. The number of halogens is 1. The van der Waals surface area contributed by atoms with Gasteiger partial charge in [-0.3, -0.25) is 4.79 Å². The van der Waals surface area contributed by atoms with Crippen LogP contribution in [0.4, 0.5) is 4.39 Å². The molecular formula is C25H26FNO3. The Morgan fingerprint density at radius 3 is 2.67 bits per heavy atom. The minimum absolute atomic E-state index is 0.248. The van der Waals surface area contributed by atoms with Crippen LogP contribution >= 0.6 is 0 Å². The Labute approximate surface area is 176 Å². The molecule has 156 valence electrons. The molecule has 0 unspecified atom stereocenters. The maximum atomic E-state index is 14.0. The number of likely N-dealkylation sites (tertiary alicyclic amines) is 1. The first-order chi connectivity index (χ1) is 14.5. The molecule has 3 aliphatic rings. The van der Waals surface area contributed by atoms with Crippen molar-refractivity contribution in [2.24, 2.45) is 5.41 Å². The largest absolute Gasteiger partial charge is 0.488 e. The van der Waals surface area contributed by atoms with Crippen LogP contribution in [0.3, 0.4) is 0 Å². The van der Waals surface area contributed by atoms with Gasteiger partial charge in [-0.2, -0.15) is 0 Å². The number of carboxylic acids is 1. The van der Waals surface area contributed by atoms with E-state index in [1.54, 1.807) is 6.07 Å². The summed E-state index contributed by atoms with van der Waals surface area (Å²) in [4.78, 5) is 13.9. The van der Waals surface area contributed by atoms with Gasteiger partial charge < -0.3 is 14.7 Å². The number of piperidine rings is 1. The van der Waals surface area contributed by atoms with Gasteiger partial charge in [-0.25, -0.2) is 4.39 Å². The monoisotopic (exact) mass is 407 g/mol. The van der Waals surface area contributed by atoms with E-state index in [-0.39, 0.29) is 5.82 Å². The molecule has 0 aromatic heterocycles. The number of aryl methyl sites for hydroxylation is 1. The summed E-state index contributed by atoms with van der Waals surface area (Å²) >= 11 is 0. The number of fused-ring (bicyclic) bond motifs is 2. The average molecular weight is 407 g/mol. The van der Waals surface area contributed by atoms with Crippen LogP contribution in [-0.2, 0) is 11.4 Å². The van der Waals surface area contributed by atoms with Crippen LogP contribution in [0.2, 0.25) is 0 Å². The molecule has 1 N–H and O–H groups in total. The predicted octanol–water partition coefficient (Wildman–Crippen LogP) is 4.79. The Bertz CT molecular complexity index is 1040. The summed E-state index contributed by atoms with van der Waals surface area (Å²) in [6.07, 6.45) is 3.34. The van der Waals surface area contributed by atoms with Crippen LogP contribution in [0.25, 0.3) is 5.57 Å². The Morgan fingerprint density at radius 2 is 1.97 bits per heavy atom. The van der Waals surface area contributed by atoms with E-state index in [9.17, 15) is 14.3 Å². The molecule has 1 saturated heterocycles. The molecule has 1 aliphatic carbocycles. The SMILES string of the molecule is Cc1cccc2c1C(=C1CCN(CC3(C(=O)O)CC3)CC1)c1ccc(F)cc1CO2. The summed E-state index contributed by atoms with van der Waals surface area (Å²) in [5.74, 6) is -0.0602. The minimum Gasteiger partial charge on any atom is -0.488 e. The standard InChI is InChI=1S/C25H26FNO3/c1-16-3-2-4-21-22(16)23(20-6-5-19(26)13-18(20)14-30-21)17-7-11-27(12-8-17)15-25(9-10-25)24(28)29/h2-6,13H,7-12,14-15H2,1H3,(H,28,29). The minimum atomic E-state index is -0.659. The number of carbonyl (C=O) groups is 1. The Morgan fingerprint density at radius 1 is 1.20 bits per heavy atom. The van der Waals surface area contributed by atoms with Crippen molar-refractivity contribution in [2.75, 3.05) is 19.6 Å². The number of rotatable bonds is 3. The van der Waals surface area contributed by atoms with Gasteiger partial charge in [-0.15, -0.1) is 0 Å². The van der Waals surface area contributed by atoms with Gasteiger partial charge in [0.25, 0.3) is 0 Å². The van der Waals surface area contributed by atoms with Crippen molar-refractivity contribution in [2.45, 2.75) is 39.2 Å². The Hall–Kier alpha value is -2.66. The highest BCUT2D eigenvalue weighted by Gasteiger charge is 2.51. The van der Waals surface area contributed by atoms with Crippen molar-refractivity contribution in [1.29, 1.82) is 0 Å². The zero-order chi connectivity index (χ0) is 20.9. The molecule has 2 heterocycles. The van der Waals surface area contributed by atoms with Crippen molar-refractivity contribution >= 4 is 11.5 Å². The summed E-state index contributed by atoms with van der Waals surface area (Å²) in [6.45, 7) is 4.80. The fourth-order valence-corrected chi connectivity index (χ4v) is 4.91. The number of hydrogen-bond acceptors (Lipinski definition) is 3. The maximum absolute atomic E-state index is 14.0. The molecule has 0 bridgehead atoms. The lowest BCUT2D eigenvalue weighted by Gasteiger charge is -2.32. The van der Waals surface area contributed by atoms with Gasteiger partial charge in [-0.05, 0) is 67.5 Å². The highest BCUT2D eigenvalue weighted by molar-refractivity contribution is 5.88. The third-order valence-corrected chi connectivity index (χ3v) is 6.85. The van der Waals surface area contributed by atoms with E-state index in [0.717, 1.165) is 66.8 Å². The molecule has 2 fully saturated rings. The number of benzene rings is 2. The second-order valence-electron chi connectivity index (χ2n) is 8.88. The van der Waals surface area contributed by atoms with Gasteiger partial charge in [0.15, 0.2) is 0 Å². The van der Waals surface area contributed by atoms with Crippen LogP contribution in [0.5, 0.6) is 5.75 Å². The quantitative estimate of drug-likeness (QED) is 0.795. The summed E-state index contributed by atoms with van der Waals surface area (Å²) in [5, 5.41) is 9.51. The first-order valence-corrected chi connectivity index (χ1v) is 10.7. The van der Waals surface area contributed by atoms with E-state index in [2.05, 4.69) is 17.9 Å². The van der Waals surface area contributed by atoms with E-state index < -0.39 is 11.4 Å². The third-order valence-electron chi connectivity index (χ3n) is 6.85. The zero-order valence-electron chi connectivity index (χ0n) is 17.2. The molecule has 4 nitrogen and oxygen atoms in total. The summed E-state index contributed by atoms with van der Waals surface area (Å²) in [6, 6.07) is 11.1. The molecule has 2 aliphatic heterocycles. The van der Waals surface area contributed by atoms with Crippen LogP contribution in [0, 0.1) is 18.2 Å². The highest BCUT2D eigenvalue weighted by Crippen LogP contribution is 2.47. The third kappa shape index (κ3) is 3.31. The van der Waals surface area contributed by atoms with E-state index in [4.69, 9.17) is 4.74 Å². The molecule has 30 heavy (non-hydrogen) atoms. The molecule has 2 aromatic carbocycles. The van der Waals surface area contributed by atoms with Gasteiger partial charge in [-0.1, -0.05) is 23.8 Å². The molecular weight excluding hydrogens is 381 g/mol. The number of ether oxygens (including phenoxy) is 1. The van der Waals surface area contributed by atoms with E-state index in [0.29, 0.717) is 13.2 Å². The second-order valence-corrected chi connectivity index (χ2v) is 8.88. The molecule has 2 aromatic rings. The number of carboxylic acid groups (broad SMARTS) is 1. The summed E-state index contributed by atoms with van der Waals surface area (Å²) in [7, 11) is 0. The van der Waals surface area contributed by atoms with Gasteiger partial charge in [0.05, 0.1) is 5.41 Å². The van der Waals surface area contributed by atoms with Gasteiger partial charge in [0.2, 0.25) is 0 Å². The normalized spacial score (nSPS) is 20.1. The lowest BCUT2D eigenvalue weighted by molar-refractivity contribution is -0.144. The molecule has 1 saturated carbocycles. The molecule has 0 atom stereocenters. The highest BCUT2D eigenvalue weighted by atomic mass is 19.1.